The molecule has 0 fully saturated rings. The van der Waals surface area contributed by atoms with E-state index in [2.05, 4.69) is 10.1 Å². The van der Waals surface area contributed by atoms with Crippen molar-refractivity contribution in [2.75, 3.05) is 20.3 Å². The van der Waals surface area contributed by atoms with Gasteiger partial charge in [0.15, 0.2) is 18.2 Å². The zero-order valence-electron chi connectivity index (χ0n) is 15.2. The third kappa shape index (κ3) is 5.38. The predicted octanol–water partition coefficient (Wildman–Crippen LogP) is 2.24. The van der Waals surface area contributed by atoms with Crippen LogP contribution in [0.1, 0.15) is 42.3 Å². The van der Waals surface area contributed by atoms with Gasteiger partial charge in [0.25, 0.3) is 5.91 Å². The molecule has 1 amide bonds. The van der Waals surface area contributed by atoms with Crippen molar-refractivity contribution in [1.82, 2.24) is 15.0 Å². The summed E-state index contributed by atoms with van der Waals surface area (Å²) >= 11 is 0. The van der Waals surface area contributed by atoms with Gasteiger partial charge in [-0.1, -0.05) is 12.1 Å². The number of ether oxygens (including phenoxy) is 2. The van der Waals surface area contributed by atoms with Gasteiger partial charge >= 0.3 is 0 Å². The SMILES string of the molecule is CCC(=O)c1ccc(OCC(=O)N(CC)Cc2nc(COC)no2)cc1. The molecule has 0 aliphatic rings. The third-order valence-corrected chi connectivity index (χ3v) is 3.70. The number of rotatable bonds is 10. The van der Waals surface area contributed by atoms with Crippen LogP contribution in [0.15, 0.2) is 28.8 Å². The van der Waals surface area contributed by atoms with Crippen molar-refractivity contribution in [3.63, 3.8) is 0 Å². The maximum Gasteiger partial charge on any atom is 0.260 e. The summed E-state index contributed by atoms with van der Waals surface area (Å²) in [6, 6.07) is 6.75. The monoisotopic (exact) mass is 361 g/mol. The Morgan fingerprint density at radius 3 is 2.54 bits per heavy atom. The maximum atomic E-state index is 12.3. The molecule has 0 bridgehead atoms. The van der Waals surface area contributed by atoms with Crippen LogP contribution >= 0.6 is 0 Å². The number of likely N-dealkylation sites (N-methyl/N-ethyl adjacent to an activating group) is 1. The summed E-state index contributed by atoms with van der Waals surface area (Å²) in [5.41, 5.74) is 0.629. The minimum Gasteiger partial charge on any atom is -0.484 e. The zero-order chi connectivity index (χ0) is 18.9. The molecule has 8 nitrogen and oxygen atoms in total. The zero-order valence-corrected chi connectivity index (χ0v) is 15.2. The number of carbonyl (C=O) groups is 2. The highest BCUT2D eigenvalue weighted by Crippen LogP contribution is 2.14. The van der Waals surface area contributed by atoms with E-state index in [9.17, 15) is 9.59 Å². The molecule has 26 heavy (non-hydrogen) atoms. The number of carbonyl (C=O) groups excluding carboxylic acids is 2. The van der Waals surface area contributed by atoms with Crippen LogP contribution in [0.3, 0.4) is 0 Å². The van der Waals surface area contributed by atoms with Gasteiger partial charge in [-0.3, -0.25) is 9.59 Å². The molecule has 1 aromatic heterocycles. The number of Topliss-reactive ketones (excluding diaryl/α,β-unsaturated/α-hetero) is 1. The highest BCUT2D eigenvalue weighted by atomic mass is 16.5. The highest BCUT2D eigenvalue weighted by molar-refractivity contribution is 5.95. The first kappa shape index (κ1) is 19.6. The van der Waals surface area contributed by atoms with E-state index < -0.39 is 0 Å². The summed E-state index contributed by atoms with van der Waals surface area (Å²) in [6.45, 7) is 4.49. The van der Waals surface area contributed by atoms with Gasteiger partial charge in [0.05, 0.1) is 0 Å². The van der Waals surface area contributed by atoms with Crippen molar-refractivity contribution >= 4 is 11.7 Å². The lowest BCUT2D eigenvalue weighted by Crippen LogP contribution is -2.34. The van der Waals surface area contributed by atoms with Gasteiger partial charge in [-0.15, -0.1) is 0 Å². The van der Waals surface area contributed by atoms with E-state index in [0.717, 1.165) is 0 Å². The van der Waals surface area contributed by atoms with Crippen LogP contribution in [0.5, 0.6) is 5.75 Å². The van der Waals surface area contributed by atoms with Gasteiger partial charge < -0.3 is 18.9 Å². The molecule has 8 heteroatoms. The van der Waals surface area contributed by atoms with Crippen LogP contribution in [0.4, 0.5) is 0 Å². The Morgan fingerprint density at radius 1 is 1.19 bits per heavy atom. The molecule has 1 heterocycles. The van der Waals surface area contributed by atoms with Crippen molar-refractivity contribution < 1.29 is 23.6 Å². The Labute approximate surface area is 152 Å². The molecule has 0 saturated heterocycles. The number of ketones is 1. The van der Waals surface area contributed by atoms with Crippen LogP contribution < -0.4 is 4.74 Å². The van der Waals surface area contributed by atoms with E-state index in [1.165, 1.54) is 0 Å². The second kappa shape index (κ2) is 9.67. The fourth-order valence-corrected chi connectivity index (χ4v) is 2.26. The van der Waals surface area contributed by atoms with Gasteiger partial charge in [0.2, 0.25) is 5.89 Å². The predicted molar refractivity (Wildman–Crippen MR) is 92.7 cm³/mol. The number of aromatic nitrogens is 2. The van der Waals surface area contributed by atoms with Gasteiger partial charge in [-0.05, 0) is 31.2 Å². The molecule has 0 aliphatic carbocycles. The minimum atomic E-state index is -0.201. The van der Waals surface area contributed by atoms with Gasteiger partial charge in [-0.25, -0.2) is 0 Å². The number of hydrogen-bond donors (Lipinski definition) is 0. The van der Waals surface area contributed by atoms with Crippen LogP contribution in [0.25, 0.3) is 0 Å². The number of methoxy groups -OCH3 is 1. The average molecular weight is 361 g/mol. The van der Waals surface area contributed by atoms with Crippen molar-refractivity contribution in [3.05, 3.63) is 41.5 Å². The number of hydrogen-bond acceptors (Lipinski definition) is 7. The summed E-state index contributed by atoms with van der Waals surface area (Å²) in [7, 11) is 1.54. The van der Waals surface area contributed by atoms with E-state index >= 15 is 0 Å². The molecule has 1 aromatic carbocycles. The van der Waals surface area contributed by atoms with E-state index in [1.807, 2.05) is 13.8 Å². The van der Waals surface area contributed by atoms with E-state index in [4.69, 9.17) is 14.0 Å². The first-order valence-corrected chi connectivity index (χ1v) is 8.41. The van der Waals surface area contributed by atoms with E-state index in [0.29, 0.717) is 36.0 Å². The molecule has 0 N–H and O–H groups in total. The first-order valence-electron chi connectivity index (χ1n) is 8.41. The molecule has 0 saturated carbocycles. The molecular formula is C18H23N3O5. The smallest absolute Gasteiger partial charge is 0.260 e. The highest BCUT2D eigenvalue weighted by Gasteiger charge is 2.17. The molecule has 0 aliphatic heterocycles. The molecule has 0 radical (unpaired) electrons. The molecule has 0 spiro atoms. The summed E-state index contributed by atoms with van der Waals surface area (Å²) in [4.78, 5) is 29.7. The Kier molecular flexibility index (Phi) is 7.28. The Hall–Kier alpha value is -2.74. The molecule has 2 aromatic rings. The lowest BCUT2D eigenvalue weighted by molar-refractivity contribution is -0.134. The topological polar surface area (TPSA) is 94.8 Å². The molecular weight excluding hydrogens is 338 g/mol. The lowest BCUT2D eigenvalue weighted by atomic mass is 10.1. The minimum absolute atomic E-state index is 0.0668. The van der Waals surface area contributed by atoms with E-state index in [-0.39, 0.29) is 31.4 Å². The second-order valence-corrected chi connectivity index (χ2v) is 5.54. The van der Waals surface area contributed by atoms with Crippen LogP contribution in [-0.2, 0) is 22.7 Å². The van der Waals surface area contributed by atoms with Gasteiger partial charge in [0, 0.05) is 25.6 Å². The summed E-state index contributed by atoms with van der Waals surface area (Å²) < 4.78 is 15.5. The molecule has 0 unspecified atom stereocenters. The number of amides is 1. The number of nitrogens with zero attached hydrogens (tertiary/aromatic N) is 3. The van der Waals surface area contributed by atoms with Crippen LogP contribution in [0, 0.1) is 0 Å². The van der Waals surface area contributed by atoms with Crippen molar-refractivity contribution in [2.24, 2.45) is 0 Å². The fourth-order valence-electron chi connectivity index (χ4n) is 2.26. The van der Waals surface area contributed by atoms with Crippen molar-refractivity contribution in [3.8, 4) is 5.75 Å². The standard InChI is InChI=1S/C18H23N3O5/c1-4-15(22)13-6-8-14(9-7-13)25-12-18(23)21(5-2)10-17-19-16(11-24-3)20-26-17/h6-9H,4-5,10-12H2,1-3H3. The molecule has 0 atom stereocenters. The van der Waals surface area contributed by atoms with Crippen LogP contribution in [0.2, 0.25) is 0 Å². The summed E-state index contributed by atoms with van der Waals surface area (Å²) in [6.07, 6.45) is 0.450. The van der Waals surface area contributed by atoms with Crippen molar-refractivity contribution in [2.45, 2.75) is 33.4 Å². The summed E-state index contributed by atoms with van der Waals surface area (Å²) in [5.74, 6) is 1.17. The normalized spacial score (nSPS) is 10.6. The number of benzene rings is 1. The Bertz CT molecular complexity index is 727. The third-order valence-electron chi connectivity index (χ3n) is 3.70. The second-order valence-electron chi connectivity index (χ2n) is 5.54. The molecule has 140 valence electrons. The average Bonchev–Trinajstić information content (AvgIpc) is 3.11. The Balaban J connectivity index is 1.88. The van der Waals surface area contributed by atoms with Gasteiger partial charge in [-0.2, -0.15) is 4.98 Å². The largest absolute Gasteiger partial charge is 0.484 e. The lowest BCUT2D eigenvalue weighted by Gasteiger charge is -2.19. The fraction of sp³-hybridized carbons (Fsp3) is 0.444. The molecule has 2 rings (SSSR count). The quantitative estimate of drug-likeness (QED) is 0.599. The Morgan fingerprint density at radius 2 is 1.92 bits per heavy atom. The van der Waals surface area contributed by atoms with Crippen LogP contribution in [-0.4, -0.2) is 47.0 Å². The summed E-state index contributed by atoms with van der Waals surface area (Å²) in [5, 5.41) is 3.77. The van der Waals surface area contributed by atoms with Crippen molar-refractivity contribution in [1.29, 1.82) is 0 Å². The maximum absolute atomic E-state index is 12.3. The first-order chi connectivity index (χ1) is 12.6. The van der Waals surface area contributed by atoms with E-state index in [1.54, 1.807) is 36.3 Å². The van der Waals surface area contributed by atoms with Gasteiger partial charge in [0.1, 0.15) is 18.9 Å².